The molecule has 0 aromatic carbocycles. The zero-order chi connectivity index (χ0) is 7.44. The summed E-state index contributed by atoms with van der Waals surface area (Å²) in [6, 6.07) is 0.935. The summed E-state index contributed by atoms with van der Waals surface area (Å²) >= 11 is 0. The lowest BCUT2D eigenvalue weighted by molar-refractivity contribution is -0.0790. The number of hydrogen-bond donors (Lipinski definition) is 0. The van der Waals surface area contributed by atoms with Crippen LogP contribution in [0.5, 0.6) is 0 Å². The predicted octanol–water partition coefficient (Wildman–Crippen LogP) is 1.50. The highest BCUT2D eigenvalue weighted by atomic mass is 16.7. The van der Waals surface area contributed by atoms with Crippen molar-refractivity contribution in [2.24, 2.45) is 0 Å². The van der Waals surface area contributed by atoms with Crippen LogP contribution >= 0.6 is 0 Å². The second-order valence-electron chi connectivity index (χ2n) is 2.73. The lowest BCUT2D eigenvalue weighted by Crippen LogP contribution is -2.41. The zero-order valence-corrected chi connectivity index (χ0v) is 7.01. The van der Waals surface area contributed by atoms with Gasteiger partial charge in [0.1, 0.15) is 7.11 Å². The molecule has 1 radical (unpaired) electrons. The standard InChI is InChI=1S/C7H17NO/c1-6(2)8(9-5)7(3)4/h6-7H,1-5H3/q+1. The van der Waals surface area contributed by atoms with Crippen molar-refractivity contribution in [3.8, 4) is 0 Å². The van der Waals surface area contributed by atoms with Crippen LogP contribution < -0.4 is 5.06 Å². The summed E-state index contributed by atoms with van der Waals surface area (Å²) in [6.45, 7) is 8.46. The Balaban J connectivity index is 3.68. The second kappa shape index (κ2) is 3.85. The van der Waals surface area contributed by atoms with Crippen LogP contribution in [0.2, 0.25) is 0 Å². The first kappa shape index (κ1) is 8.92. The number of hydroxylamine groups is 2. The third-order valence-corrected chi connectivity index (χ3v) is 1.23. The van der Waals surface area contributed by atoms with E-state index in [1.54, 1.807) is 7.11 Å². The van der Waals surface area contributed by atoms with Gasteiger partial charge in [0, 0.05) is 0 Å². The molecule has 0 spiro atoms. The van der Waals surface area contributed by atoms with Crippen LogP contribution in [0.3, 0.4) is 0 Å². The van der Waals surface area contributed by atoms with E-state index >= 15 is 0 Å². The fraction of sp³-hybridized carbons (Fsp3) is 1.00. The van der Waals surface area contributed by atoms with Crippen LogP contribution in [0.4, 0.5) is 0 Å². The van der Waals surface area contributed by atoms with Crippen molar-refractivity contribution in [3.63, 3.8) is 0 Å². The van der Waals surface area contributed by atoms with Gasteiger partial charge in [-0.1, -0.05) is 0 Å². The van der Waals surface area contributed by atoms with E-state index in [0.717, 1.165) is 0 Å². The minimum Gasteiger partial charge on any atom is -0.152 e. The van der Waals surface area contributed by atoms with Crippen LogP contribution in [0.1, 0.15) is 27.7 Å². The molecule has 0 saturated heterocycles. The topological polar surface area (TPSA) is 15.1 Å². The molecule has 0 heterocycles. The van der Waals surface area contributed by atoms with Crippen molar-refractivity contribution >= 4 is 0 Å². The Morgan fingerprint density at radius 1 is 1.00 bits per heavy atom. The normalized spacial score (nSPS) is 12.0. The van der Waals surface area contributed by atoms with E-state index in [9.17, 15) is 0 Å². The summed E-state index contributed by atoms with van der Waals surface area (Å²) in [4.78, 5) is 5.11. The highest BCUT2D eigenvalue weighted by Crippen LogP contribution is 1.98. The zero-order valence-electron chi connectivity index (χ0n) is 7.01. The molecule has 0 aliphatic heterocycles. The maximum Gasteiger partial charge on any atom is 0.164 e. The van der Waals surface area contributed by atoms with E-state index in [4.69, 9.17) is 4.84 Å². The minimum absolute atomic E-state index is 0.468. The lowest BCUT2D eigenvalue weighted by Gasteiger charge is -2.13. The molecule has 0 unspecified atom stereocenters. The van der Waals surface area contributed by atoms with Gasteiger partial charge >= 0.3 is 0 Å². The summed E-state index contributed by atoms with van der Waals surface area (Å²) in [5.74, 6) is 0. The average molecular weight is 131 g/mol. The van der Waals surface area contributed by atoms with Gasteiger partial charge in [-0.3, -0.25) is 0 Å². The van der Waals surface area contributed by atoms with Gasteiger partial charge in [0.05, 0.1) is 0 Å². The van der Waals surface area contributed by atoms with Gasteiger partial charge in [0.25, 0.3) is 0 Å². The maximum atomic E-state index is 5.11. The van der Waals surface area contributed by atoms with Gasteiger partial charge in [0.2, 0.25) is 0 Å². The first-order chi connectivity index (χ1) is 4.09. The van der Waals surface area contributed by atoms with Crippen LogP contribution in [-0.4, -0.2) is 19.2 Å². The molecule has 0 fully saturated rings. The van der Waals surface area contributed by atoms with E-state index in [2.05, 4.69) is 27.7 Å². The minimum atomic E-state index is 0.468. The molecule has 2 heteroatoms. The average Bonchev–Trinajstić information content (AvgIpc) is 1.64. The first-order valence-corrected chi connectivity index (χ1v) is 3.42. The molecule has 55 valence electrons. The van der Waals surface area contributed by atoms with E-state index in [0.29, 0.717) is 12.1 Å². The summed E-state index contributed by atoms with van der Waals surface area (Å²) in [6.07, 6.45) is 0. The second-order valence-corrected chi connectivity index (χ2v) is 2.73. The largest absolute Gasteiger partial charge is 0.164 e. The number of rotatable bonds is 3. The molecule has 0 atom stereocenters. The summed E-state index contributed by atoms with van der Waals surface area (Å²) in [5.41, 5.74) is 0. The molecule has 9 heavy (non-hydrogen) atoms. The van der Waals surface area contributed by atoms with Crippen LogP contribution in [0, 0.1) is 0 Å². The van der Waals surface area contributed by atoms with Gasteiger partial charge in [-0.2, -0.15) is 4.84 Å². The van der Waals surface area contributed by atoms with E-state index in [1.165, 1.54) is 0 Å². The van der Waals surface area contributed by atoms with E-state index < -0.39 is 0 Å². The van der Waals surface area contributed by atoms with Crippen molar-refractivity contribution in [2.75, 3.05) is 7.11 Å². The molecular weight excluding hydrogens is 114 g/mol. The Bertz CT molecular complexity index is 63.3. The Hall–Kier alpha value is -0.0800. The SMILES string of the molecule is CO[N+](C(C)C)C(C)C. The van der Waals surface area contributed by atoms with Gasteiger partial charge in [-0.05, 0) is 32.8 Å². The summed E-state index contributed by atoms with van der Waals surface area (Å²) < 4.78 is 0. The van der Waals surface area contributed by atoms with Crippen molar-refractivity contribution in [1.29, 1.82) is 0 Å². The van der Waals surface area contributed by atoms with E-state index in [1.807, 2.05) is 5.06 Å². The number of hydrogen-bond acceptors (Lipinski definition) is 2. The maximum absolute atomic E-state index is 5.11. The van der Waals surface area contributed by atoms with Crippen molar-refractivity contribution in [1.82, 2.24) is 5.06 Å². The molecule has 0 amide bonds. The molecule has 0 rings (SSSR count). The molecule has 0 N–H and O–H groups in total. The van der Waals surface area contributed by atoms with Crippen LogP contribution in [0.25, 0.3) is 0 Å². The van der Waals surface area contributed by atoms with Crippen LogP contribution in [0.15, 0.2) is 0 Å². The summed E-state index contributed by atoms with van der Waals surface area (Å²) in [7, 11) is 1.71. The molecule has 0 saturated carbocycles. The number of nitrogens with zero attached hydrogens (tertiary/aromatic N) is 1. The molecular formula is C7H17NO+. The van der Waals surface area contributed by atoms with Gasteiger partial charge in [-0.25, -0.2) is 0 Å². The van der Waals surface area contributed by atoms with Crippen molar-refractivity contribution < 1.29 is 4.84 Å². The van der Waals surface area contributed by atoms with Crippen LogP contribution in [-0.2, 0) is 4.84 Å². The molecule has 0 aromatic rings. The predicted molar refractivity (Wildman–Crippen MR) is 39.4 cm³/mol. The monoisotopic (exact) mass is 131 g/mol. The lowest BCUT2D eigenvalue weighted by atomic mass is 10.3. The Kier molecular flexibility index (Phi) is 3.82. The molecule has 2 nitrogen and oxygen atoms in total. The van der Waals surface area contributed by atoms with Gasteiger partial charge in [0.15, 0.2) is 12.1 Å². The highest BCUT2D eigenvalue weighted by Gasteiger charge is 2.23. The quantitative estimate of drug-likeness (QED) is 0.418. The third-order valence-electron chi connectivity index (χ3n) is 1.23. The highest BCUT2D eigenvalue weighted by molar-refractivity contribution is 4.62. The first-order valence-electron chi connectivity index (χ1n) is 3.42. The molecule has 0 aliphatic carbocycles. The summed E-state index contributed by atoms with van der Waals surface area (Å²) in [5, 5.41) is 1.96. The fourth-order valence-corrected chi connectivity index (χ4v) is 1.02. The Morgan fingerprint density at radius 3 is 1.33 bits per heavy atom. The Morgan fingerprint density at radius 2 is 1.33 bits per heavy atom. The van der Waals surface area contributed by atoms with Crippen molar-refractivity contribution in [3.05, 3.63) is 0 Å². The fourth-order valence-electron chi connectivity index (χ4n) is 1.02. The smallest absolute Gasteiger partial charge is 0.152 e. The third kappa shape index (κ3) is 2.82. The van der Waals surface area contributed by atoms with Crippen molar-refractivity contribution in [2.45, 2.75) is 39.8 Å². The Labute approximate surface area is 57.8 Å². The van der Waals surface area contributed by atoms with Gasteiger partial charge < -0.3 is 0 Å². The molecule has 0 aliphatic rings. The van der Waals surface area contributed by atoms with Gasteiger partial charge in [-0.15, -0.1) is 0 Å². The molecule has 0 aromatic heterocycles. The van der Waals surface area contributed by atoms with E-state index in [-0.39, 0.29) is 0 Å². The molecule has 0 bridgehead atoms.